The van der Waals surface area contributed by atoms with E-state index >= 15 is 0 Å². The topological polar surface area (TPSA) is 56.9 Å². The van der Waals surface area contributed by atoms with E-state index in [9.17, 15) is 0 Å². The van der Waals surface area contributed by atoms with E-state index in [4.69, 9.17) is 37.2 Å². The van der Waals surface area contributed by atoms with Crippen LogP contribution in [0.2, 0.25) is 10.0 Å². The molecule has 0 aliphatic carbocycles. The van der Waals surface area contributed by atoms with Crippen LogP contribution in [0.15, 0.2) is 27.7 Å². The van der Waals surface area contributed by atoms with Gasteiger partial charge in [-0.05, 0) is 31.9 Å². The molecule has 2 heterocycles. The number of aromatic nitrogens is 1. The maximum absolute atomic E-state index is 6.31. The third-order valence-electron chi connectivity index (χ3n) is 4.07. The monoisotopic (exact) mass is 396 g/mol. The highest BCUT2D eigenvalue weighted by atomic mass is 35.5. The van der Waals surface area contributed by atoms with E-state index in [0.29, 0.717) is 41.5 Å². The van der Waals surface area contributed by atoms with E-state index in [1.54, 1.807) is 12.1 Å². The minimum atomic E-state index is 0.478. The third kappa shape index (κ3) is 5.15. The minimum Gasteiger partial charge on any atom is -0.490 e. The van der Waals surface area contributed by atoms with Crippen molar-refractivity contribution in [2.24, 2.45) is 4.99 Å². The second-order valence-electron chi connectivity index (χ2n) is 6.25. The molecular formula is C19H22Cl2N2O3. The van der Waals surface area contributed by atoms with Gasteiger partial charge in [0.05, 0.1) is 28.9 Å². The van der Waals surface area contributed by atoms with E-state index in [1.165, 1.54) is 0 Å². The van der Waals surface area contributed by atoms with Crippen LogP contribution in [-0.2, 0) is 11.2 Å². The van der Waals surface area contributed by atoms with Gasteiger partial charge in [0.15, 0.2) is 5.75 Å². The lowest BCUT2D eigenvalue weighted by atomic mass is 10.1. The zero-order chi connectivity index (χ0) is 18.4. The summed E-state index contributed by atoms with van der Waals surface area (Å²) in [5.41, 5.74) is 1.72. The van der Waals surface area contributed by atoms with Crippen LogP contribution in [0.3, 0.4) is 0 Å². The summed E-state index contributed by atoms with van der Waals surface area (Å²) in [6.07, 6.45) is 5.13. The molecule has 0 spiro atoms. The first kappa shape index (κ1) is 19.1. The number of aryl methyl sites for hydroxylation is 2. The van der Waals surface area contributed by atoms with Crippen LogP contribution >= 0.6 is 23.2 Å². The van der Waals surface area contributed by atoms with Crippen molar-refractivity contribution in [1.29, 1.82) is 0 Å². The van der Waals surface area contributed by atoms with E-state index in [2.05, 4.69) is 10.1 Å². The fraction of sp³-hybridized carbons (Fsp3) is 0.474. The van der Waals surface area contributed by atoms with Gasteiger partial charge in [-0.25, -0.2) is 4.99 Å². The fourth-order valence-electron chi connectivity index (χ4n) is 2.79. The molecule has 0 unspecified atom stereocenters. The molecule has 0 radical (unpaired) electrons. The molecule has 1 aromatic heterocycles. The maximum Gasteiger partial charge on any atom is 0.216 e. The number of halogens is 2. The van der Waals surface area contributed by atoms with Gasteiger partial charge in [-0.3, -0.25) is 0 Å². The summed E-state index contributed by atoms with van der Waals surface area (Å²) in [6.45, 7) is 3.77. The van der Waals surface area contributed by atoms with Crippen LogP contribution in [0.25, 0.3) is 0 Å². The molecule has 26 heavy (non-hydrogen) atoms. The smallest absolute Gasteiger partial charge is 0.216 e. The van der Waals surface area contributed by atoms with Crippen LogP contribution in [0.1, 0.15) is 42.7 Å². The summed E-state index contributed by atoms with van der Waals surface area (Å²) < 4.78 is 16.4. The lowest BCUT2D eigenvalue weighted by Gasteiger charge is -2.12. The first-order valence-electron chi connectivity index (χ1n) is 8.85. The van der Waals surface area contributed by atoms with Gasteiger partial charge in [-0.2, -0.15) is 0 Å². The molecule has 140 valence electrons. The SMILES string of the molecule is Cc1cc(CCCCCCOc2c(Cl)cc(C3=NCCO3)cc2Cl)on1. The van der Waals surface area contributed by atoms with E-state index < -0.39 is 0 Å². The lowest BCUT2D eigenvalue weighted by molar-refractivity contribution is 0.304. The van der Waals surface area contributed by atoms with Crippen molar-refractivity contribution < 1.29 is 14.0 Å². The van der Waals surface area contributed by atoms with Crippen molar-refractivity contribution in [2.75, 3.05) is 19.8 Å². The van der Waals surface area contributed by atoms with Gasteiger partial charge in [-0.1, -0.05) is 41.2 Å². The highest BCUT2D eigenvalue weighted by Crippen LogP contribution is 2.35. The van der Waals surface area contributed by atoms with Gasteiger partial charge >= 0.3 is 0 Å². The quantitative estimate of drug-likeness (QED) is 0.543. The first-order valence-corrected chi connectivity index (χ1v) is 9.61. The molecule has 0 atom stereocenters. The predicted octanol–water partition coefficient (Wildman–Crippen LogP) is 5.25. The van der Waals surface area contributed by atoms with Gasteiger partial charge < -0.3 is 14.0 Å². The van der Waals surface area contributed by atoms with Crippen molar-refractivity contribution in [2.45, 2.75) is 39.0 Å². The summed E-state index contributed by atoms with van der Waals surface area (Å²) in [6, 6.07) is 5.55. The van der Waals surface area contributed by atoms with Crippen molar-refractivity contribution in [3.63, 3.8) is 0 Å². The normalized spacial score (nSPS) is 13.6. The van der Waals surface area contributed by atoms with E-state index in [-0.39, 0.29) is 0 Å². The molecule has 0 amide bonds. The summed E-state index contributed by atoms with van der Waals surface area (Å²) in [5, 5.41) is 4.85. The number of aliphatic imine (C=N–C) groups is 1. The van der Waals surface area contributed by atoms with Gasteiger partial charge in [0.25, 0.3) is 0 Å². The Morgan fingerprint density at radius 2 is 1.85 bits per heavy atom. The van der Waals surface area contributed by atoms with Gasteiger partial charge in [0.1, 0.15) is 12.4 Å². The molecule has 1 aliphatic rings. The Balaban J connectivity index is 1.39. The highest BCUT2D eigenvalue weighted by molar-refractivity contribution is 6.37. The van der Waals surface area contributed by atoms with Crippen molar-refractivity contribution >= 4 is 29.1 Å². The van der Waals surface area contributed by atoms with Gasteiger partial charge in [-0.15, -0.1) is 0 Å². The zero-order valence-corrected chi connectivity index (χ0v) is 16.3. The summed E-state index contributed by atoms with van der Waals surface area (Å²) in [5.74, 6) is 2.06. The summed E-state index contributed by atoms with van der Waals surface area (Å²) >= 11 is 12.6. The van der Waals surface area contributed by atoms with Gasteiger partial charge in [0, 0.05) is 18.1 Å². The largest absolute Gasteiger partial charge is 0.490 e. The van der Waals surface area contributed by atoms with Crippen LogP contribution in [0.5, 0.6) is 5.75 Å². The molecule has 0 fully saturated rings. The summed E-state index contributed by atoms with van der Waals surface area (Å²) in [7, 11) is 0. The maximum atomic E-state index is 6.31. The Hall–Kier alpha value is -1.72. The Kier molecular flexibility index (Phi) is 6.80. The molecule has 0 N–H and O–H groups in total. The Morgan fingerprint density at radius 3 is 2.50 bits per heavy atom. The van der Waals surface area contributed by atoms with Crippen molar-refractivity contribution in [3.05, 3.63) is 45.3 Å². The van der Waals surface area contributed by atoms with E-state index in [0.717, 1.165) is 49.1 Å². The van der Waals surface area contributed by atoms with Crippen molar-refractivity contribution in [1.82, 2.24) is 5.16 Å². The number of benzene rings is 1. The van der Waals surface area contributed by atoms with Gasteiger partial charge in [0.2, 0.25) is 5.90 Å². The molecule has 7 heteroatoms. The van der Waals surface area contributed by atoms with Crippen LogP contribution in [0.4, 0.5) is 0 Å². The van der Waals surface area contributed by atoms with Crippen molar-refractivity contribution in [3.8, 4) is 5.75 Å². The summed E-state index contributed by atoms with van der Waals surface area (Å²) in [4.78, 5) is 4.27. The predicted molar refractivity (Wildman–Crippen MR) is 103 cm³/mol. The molecule has 1 aliphatic heterocycles. The Bertz CT molecular complexity index is 751. The second-order valence-corrected chi connectivity index (χ2v) is 7.07. The number of rotatable bonds is 9. The standard InChI is InChI=1S/C19H22Cl2N2O3/c1-13-10-15(26-23-13)6-4-2-3-5-8-24-18-16(20)11-14(12-17(18)21)19-22-7-9-25-19/h10-12H,2-9H2,1H3. The highest BCUT2D eigenvalue weighted by Gasteiger charge is 2.16. The lowest BCUT2D eigenvalue weighted by Crippen LogP contribution is -2.03. The number of ether oxygens (including phenoxy) is 2. The molecule has 1 aromatic carbocycles. The molecule has 0 saturated carbocycles. The molecular weight excluding hydrogens is 375 g/mol. The third-order valence-corrected chi connectivity index (χ3v) is 4.63. The fourth-order valence-corrected chi connectivity index (χ4v) is 3.39. The molecule has 2 aromatic rings. The van der Waals surface area contributed by atoms with Crippen LogP contribution in [0, 0.1) is 6.92 Å². The van der Waals surface area contributed by atoms with Crippen LogP contribution < -0.4 is 4.74 Å². The first-order chi connectivity index (χ1) is 12.6. The number of unbranched alkanes of at least 4 members (excludes halogenated alkanes) is 3. The average Bonchev–Trinajstić information content (AvgIpc) is 3.27. The number of hydrogen-bond acceptors (Lipinski definition) is 5. The second kappa shape index (κ2) is 9.28. The Labute approximate surface area is 163 Å². The Morgan fingerprint density at radius 1 is 1.08 bits per heavy atom. The van der Waals surface area contributed by atoms with Crippen LogP contribution in [-0.4, -0.2) is 30.8 Å². The molecule has 5 nitrogen and oxygen atoms in total. The molecule has 3 rings (SSSR count). The average molecular weight is 397 g/mol. The molecule has 0 bridgehead atoms. The minimum absolute atomic E-state index is 0.478. The van der Waals surface area contributed by atoms with E-state index in [1.807, 2.05) is 13.0 Å². The molecule has 0 saturated heterocycles. The number of nitrogens with zero attached hydrogens (tertiary/aromatic N) is 2. The zero-order valence-electron chi connectivity index (χ0n) is 14.8. The number of hydrogen-bond donors (Lipinski definition) is 0.